The molecule has 0 amide bonds. The van der Waals surface area contributed by atoms with Crippen LogP contribution >= 0.6 is 0 Å². The maximum atomic E-state index is 6.38. The molecule has 0 fully saturated rings. The third-order valence-electron chi connectivity index (χ3n) is 6.85. The molecule has 0 atom stereocenters. The largest absolute Gasteiger partial charge is 0.457 e. The molecule has 5 aromatic rings. The van der Waals surface area contributed by atoms with Crippen molar-refractivity contribution < 1.29 is 4.74 Å². The Bertz CT molecular complexity index is 1550. The van der Waals surface area contributed by atoms with Crippen LogP contribution in [-0.4, -0.2) is 21.1 Å². The Morgan fingerprint density at radius 1 is 0.833 bits per heavy atom. The van der Waals surface area contributed by atoms with Gasteiger partial charge in [-0.3, -0.25) is 4.57 Å². The zero-order chi connectivity index (χ0) is 24.7. The van der Waals surface area contributed by atoms with Gasteiger partial charge in [-0.05, 0) is 71.8 Å². The maximum Gasteiger partial charge on any atom is 0.133 e. The van der Waals surface area contributed by atoms with Crippen molar-refractivity contribution in [2.75, 3.05) is 11.4 Å². The highest BCUT2D eigenvalue weighted by Crippen LogP contribution is 2.37. The summed E-state index contributed by atoms with van der Waals surface area (Å²) in [4.78, 5) is 11.6. The Morgan fingerprint density at radius 3 is 2.58 bits per heavy atom. The smallest absolute Gasteiger partial charge is 0.133 e. The van der Waals surface area contributed by atoms with Gasteiger partial charge in [0.15, 0.2) is 0 Å². The molecule has 0 bridgehead atoms. The van der Waals surface area contributed by atoms with E-state index >= 15 is 0 Å². The summed E-state index contributed by atoms with van der Waals surface area (Å²) in [6.45, 7) is 7.66. The van der Waals surface area contributed by atoms with E-state index in [2.05, 4.69) is 83.8 Å². The zero-order valence-corrected chi connectivity index (χ0v) is 21.0. The van der Waals surface area contributed by atoms with E-state index in [1.165, 1.54) is 16.8 Å². The van der Waals surface area contributed by atoms with Crippen LogP contribution in [0.3, 0.4) is 0 Å². The van der Waals surface area contributed by atoms with Gasteiger partial charge in [-0.2, -0.15) is 0 Å². The molecule has 2 aromatic heterocycles. The SMILES string of the molecule is CC(C)(C)c1ccnc(N2CCCc3ccc(Oc4cccc(-n5cnc6ccccc65)c4)cc32)c1. The van der Waals surface area contributed by atoms with E-state index in [1.54, 1.807) is 0 Å². The molecule has 5 heteroatoms. The molecule has 0 saturated heterocycles. The Balaban J connectivity index is 1.31. The number of fused-ring (bicyclic) bond motifs is 2. The lowest BCUT2D eigenvalue weighted by Crippen LogP contribution is -2.26. The van der Waals surface area contributed by atoms with Crippen LogP contribution in [0, 0.1) is 0 Å². The molecule has 0 N–H and O–H groups in total. The van der Waals surface area contributed by atoms with E-state index in [0.29, 0.717) is 0 Å². The summed E-state index contributed by atoms with van der Waals surface area (Å²) in [5, 5.41) is 0. The fourth-order valence-electron chi connectivity index (χ4n) is 4.89. The number of para-hydroxylation sites is 2. The molecule has 6 rings (SSSR count). The van der Waals surface area contributed by atoms with Crippen molar-refractivity contribution in [3.8, 4) is 17.2 Å². The highest BCUT2D eigenvalue weighted by Gasteiger charge is 2.22. The first-order valence-corrected chi connectivity index (χ1v) is 12.5. The number of hydrogen-bond donors (Lipinski definition) is 0. The van der Waals surface area contributed by atoms with E-state index in [1.807, 2.05) is 42.9 Å². The molecule has 0 spiro atoms. The van der Waals surface area contributed by atoms with Gasteiger partial charge in [0.1, 0.15) is 23.6 Å². The third-order valence-corrected chi connectivity index (χ3v) is 6.85. The van der Waals surface area contributed by atoms with Crippen molar-refractivity contribution in [2.45, 2.75) is 39.0 Å². The minimum Gasteiger partial charge on any atom is -0.457 e. The molecule has 1 aliphatic rings. The second-order valence-electron chi connectivity index (χ2n) is 10.4. The first kappa shape index (κ1) is 22.4. The van der Waals surface area contributed by atoms with Crippen molar-refractivity contribution in [1.29, 1.82) is 0 Å². The van der Waals surface area contributed by atoms with E-state index in [9.17, 15) is 0 Å². The number of ether oxygens (including phenoxy) is 1. The van der Waals surface area contributed by atoms with Crippen LogP contribution in [0.1, 0.15) is 38.3 Å². The lowest BCUT2D eigenvalue weighted by atomic mass is 9.87. The third kappa shape index (κ3) is 4.22. The van der Waals surface area contributed by atoms with Crippen molar-refractivity contribution in [3.63, 3.8) is 0 Å². The standard InChI is InChI=1S/C31H30N4O/c1-31(2,3)23-15-16-32-30(18-23)34-17-7-8-22-13-14-26(20-29(22)34)36-25-10-6-9-24(19-25)35-21-33-27-11-4-5-12-28(27)35/h4-6,9-16,18-21H,7-8,17H2,1-3H3. The molecule has 3 aromatic carbocycles. The minimum absolute atomic E-state index is 0.0762. The van der Waals surface area contributed by atoms with Crippen LogP contribution in [0.25, 0.3) is 16.7 Å². The summed E-state index contributed by atoms with van der Waals surface area (Å²) in [7, 11) is 0. The molecule has 180 valence electrons. The van der Waals surface area contributed by atoms with Gasteiger partial charge in [0.25, 0.3) is 0 Å². The molecule has 0 radical (unpaired) electrons. The second-order valence-corrected chi connectivity index (χ2v) is 10.4. The number of nitrogens with zero attached hydrogens (tertiary/aromatic N) is 4. The van der Waals surface area contributed by atoms with Crippen molar-refractivity contribution >= 4 is 22.5 Å². The first-order chi connectivity index (χ1) is 17.5. The molecule has 3 heterocycles. The second kappa shape index (κ2) is 8.83. The zero-order valence-electron chi connectivity index (χ0n) is 21.0. The van der Waals surface area contributed by atoms with Gasteiger partial charge in [0.05, 0.1) is 16.7 Å². The van der Waals surface area contributed by atoms with Crippen molar-refractivity contribution in [1.82, 2.24) is 14.5 Å². The van der Waals surface area contributed by atoms with E-state index in [0.717, 1.165) is 53.4 Å². The van der Waals surface area contributed by atoms with E-state index in [-0.39, 0.29) is 5.41 Å². The summed E-state index contributed by atoms with van der Waals surface area (Å²) in [6, 6.07) is 27.0. The molecule has 1 aliphatic heterocycles. The number of benzene rings is 3. The van der Waals surface area contributed by atoms with Gasteiger partial charge >= 0.3 is 0 Å². The molecule has 36 heavy (non-hydrogen) atoms. The maximum absolute atomic E-state index is 6.38. The molecular weight excluding hydrogens is 444 g/mol. The number of hydrogen-bond acceptors (Lipinski definition) is 4. The monoisotopic (exact) mass is 474 g/mol. The number of aryl methyl sites for hydroxylation is 1. The van der Waals surface area contributed by atoms with Crippen LogP contribution in [0.4, 0.5) is 11.5 Å². The summed E-state index contributed by atoms with van der Waals surface area (Å²) in [6.07, 6.45) is 5.96. The van der Waals surface area contributed by atoms with Crippen LogP contribution in [0.5, 0.6) is 11.5 Å². The normalized spacial score (nSPS) is 13.6. The highest BCUT2D eigenvalue weighted by atomic mass is 16.5. The van der Waals surface area contributed by atoms with Crippen LogP contribution in [0.2, 0.25) is 0 Å². The van der Waals surface area contributed by atoms with Crippen LogP contribution in [-0.2, 0) is 11.8 Å². The number of pyridine rings is 1. The molecular formula is C31H30N4O. The minimum atomic E-state index is 0.0762. The number of anilines is 2. The molecule has 0 aliphatic carbocycles. The fraction of sp³-hybridized carbons (Fsp3) is 0.226. The average molecular weight is 475 g/mol. The van der Waals surface area contributed by atoms with Crippen LogP contribution in [0.15, 0.2) is 91.4 Å². The summed E-state index contributed by atoms with van der Waals surface area (Å²) < 4.78 is 8.46. The highest BCUT2D eigenvalue weighted by molar-refractivity contribution is 5.77. The Labute approximate surface area is 212 Å². The Hall–Kier alpha value is -4.12. The Morgan fingerprint density at radius 2 is 1.69 bits per heavy atom. The summed E-state index contributed by atoms with van der Waals surface area (Å²) in [5.41, 5.74) is 6.93. The van der Waals surface area contributed by atoms with Gasteiger partial charge in [-0.1, -0.05) is 45.0 Å². The van der Waals surface area contributed by atoms with E-state index in [4.69, 9.17) is 9.72 Å². The van der Waals surface area contributed by atoms with E-state index < -0.39 is 0 Å². The predicted octanol–water partition coefficient (Wildman–Crippen LogP) is 7.59. The van der Waals surface area contributed by atoms with Gasteiger partial charge in [-0.25, -0.2) is 9.97 Å². The topological polar surface area (TPSA) is 43.2 Å². The van der Waals surface area contributed by atoms with Gasteiger partial charge in [-0.15, -0.1) is 0 Å². The molecule has 0 unspecified atom stereocenters. The average Bonchev–Trinajstić information content (AvgIpc) is 3.32. The fourth-order valence-corrected chi connectivity index (χ4v) is 4.89. The number of rotatable bonds is 4. The summed E-state index contributed by atoms with van der Waals surface area (Å²) in [5.74, 6) is 2.61. The first-order valence-electron chi connectivity index (χ1n) is 12.5. The number of imidazole rings is 1. The predicted molar refractivity (Wildman–Crippen MR) is 146 cm³/mol. The van der Waals surface area contributed by atoms with Crippen molar-refractivity contribution in [3.05, 3.63) is 103 Å². The number of aromatic nitrogens is 3. The van der Waals surface area contributed by atoms with Crippen LogP contribution < -0.4 is 9.64 Å². The van der Waals surface area contributed by atoms with Gasteiger partial charge in [0, 0.05) is 30.6 Å². The molecule has 0 saturated carbocycles. The van der Waals surface area contributed by atoms with Crippen molar-refractivity contribution in [2.24, 2.45) is 0 Å². The summed E-state index contributed by atoms with van der Waals surface area (Å²) >= 11 is 0. The lowest BCUT2D eigenvalue weighted by molar-refractivity contribution is 0.482. The van der Waals surface area contributed by atoms with Gasteiger partial charge < -0.3 is 9.64 Å². The Kier molecular flexibility index (Phi) is 5.48. The van der Waals surface area contributed by atoms with Gasteiger partial charge in [0.2, 0.25) is 0 Å². The lowest BCUT2D eigenvalue weighted by Gasteiger charge is -2.32. The molecule has 5 nitrogen and oxygen atoms in total. The quantitative estimate of drug-likeness (QED) is 0.269.